The summed E-state index contributed by atoms with van der Waals surface area (Å²) in [6, 6.07) is 0.381. The van der Waals surface area contributed by atoms with Gasteiger partial charge in [0.1, 0.15) is 0 Å². The molecule has 0 aromatic carbocycles. The predicted octanol–water partition coefficient (Wildman–Crippen LogP) is 1.73. The van der Waals surface area contributed by atoms with E-state index in [2.05, 4.69) is 16.3 Å². The van der Waals surface area contributed by atoms with Crippen LogP contribution in [0, 0.1) is 0 Å². The first-order valence-corrected chi connectivity index (χ1v) is 7.93. The molecule has 2 saturated heterocycles. The number of hydrogen-bond donors (Lipinski definition) is 0. The highest BCUT2D eigenvalue weighted by Crippen LogP contribution is 2.19. The van der Waals surface area contributed by atoms with Gasteiger partial charge in [0.25, 0.3) is 0 Å². The van der Waals surface area contributed by atoms with Crippen molar-refractivity contribution in [3.63, 3.8) is 0 Å². The molecule has 2 fully saturated rings. The van der Waals surface area contributed by atoms with Gasteiger partial charge in [0.2, 0.25) is 0 Å². The second-order valence-corrected chi connectivity index (χ2v) is 7.45. The normalized spacial score (nSPS) is 28.9. The molecular formula is C11H22N2OS. The third-order valence-electron chi connectivity index (χ3n) is 3.46. The van der Waals surface area contributed by atoms with Crippen LogP contribution in [0.1, 0.15) is 32.1 Å². The van der Waals surface area contributed by atoms with Crippen molar-refractivity contribution in [1.82, 2.24) is 4.90 Å². The van der Waals surface area contributed by atoms with Gasteiger partial charge in [-0.1, -0.05) is 6.42 Å². The average molecular weight is 230 g/mol. The van der Waals surface area contributed by atoms with E-state index in [9.17, 15) is 4.21 Å². The molecule has 0 aromatic rings. The molecule has 0 bridgehead atoms. The van der Waals surface area contributed by atoms with E-state index in [1.54, 1.807) is 0 Å². The van der Waals surface area contributed by atoms with E-state index in [1.165, 1.54) is 6.42 Å². The lowest BCUT2D eigenvalue weighted by molar-refractivity contribution is 0.257. The van der Waals surface area contributed by atoms with Gasteiger partial charge in [0.05, 0.1) is 6.04 Å². The average Bonchev–Trinajstić information content (AvgIpc) is 2.22. The number of likely N-dealkylation sites (tertiary alicyclic amines) is 1. The molecule has 88 valence electrons. The van der Waals surface area contributed by atoms with E-state index < -0.39 is 9.73 Å². The molecule has 0 aliphatic carbocycles. The fraction of sp³-hybridized carbons (Fsp3) is 1.00. The van der Waals surface area contributed by atoms with Crippen molar-refractivity contribution in [2.24, 2.45) is 4.36 Å². The van der Waals surface area contributed by atoms with Gasteiger partial charge in [-0.15, -0.1) is 0 Å². The Morgan fingerprint density at radius 2 is 1.73 bits per heavy atom. The monoisotopic (exact) mass is 230 g/mol. The van der Waals surface area contributed by atoms with Gasteiger partial charge >= 0.3 is 0 Å². The summed E-state index contributed by atoms with van der Waals surface area (Å²) in [5.41, 5.74) is 0. The highest BCUT2D eigenvalue weighted by molar-refractivity contribution is 7.93. The zero-order valence-electron chi connectivity index (χ0n) is 9.65. The molecule has 0 atom stereocenters. The summed E-state index contributed by atoms with van der Waals surface area (Å²) >= 11 is 0. The van der Waals surface area contributed by atoms with Crippen LogP contribution >= 0.6 is 0 Å². The van der Waals surface area contributed by atoms with Crippen LogP contribution < -0.4 is 0 Å². The summed E-state index contributed by atoms with van der Waals surface area (Å²) in [5.74, 6) is 1.72. The van der Waals surface area contributed by atoms with Crippen LogP contribution in [0.2, 0.25) is 0 Å². The van der Waals surface area contributed by atoms with Crippen LogP contribution in [0.3, 0.4) is 0 Å². The number of hydrogen-bond acceptors (Lipinski definition) is 3. The first kappa shape index (κ1) is 11.4. The van der Waals surface area contributed by atoms with Crippen molar-refractivity contribution >= 4 is 9.73 Å². The van der Waals surface area contributed by atoms with E-state index in [1.807, 2.05) is 0 Å². The van der Waals surface area contributed by atoms with Crippen molar-refractivity contribution in [2.75, 3.05) is 31.6 Å². The fourth-order valence-corrected chi connectivity index (χ4v) is 4.89. The molecule has 4 heteroatoms. The van der Waals surface area contributed by atoms with Crippen molar-refractivity contribution < 1.29 is 4.21 Å². The van der Waals surface area contributed by atoms with Crippen LogP contribution in [0.15, 0.2) is 4.36 Å². The van der Waals surface area contributed by atoms with Crippen LogP contribution in [0.4, 0.5) is 0 Å². The molecule has 0 aromatic heterocycles. The summed E-state index contributed by atoms with van der Waals surface area (Å²) in [6.45, 7) is 2.23. The van der Waals surface area contributed by atoms with Gasteiger partial charge in [0, 0.05) is 21.2 Å². The lowest BCUT2D eigenvalue weighted by Crippen LogP contribution is -2.33. The minimum absolute atomic E-state index is 0.381. The highest BCUT2D eigenvalue weighted by Gasteiger charge is 2.20. The topological polar surface area (TPSA) is 32.7 Å². The van der Waals surface area contributed by atoms with Gasteiger partial charge < -0.3 is 4.90 Å². The Kier molecular flexibility index (Phi) is 3.67. The maximum atomic E-state index is 12.4. The molecule has 0 unspecified atom stereocenters. The van der Waals surface area contributed by atoms with Crippen LogP contribution in [-0.4, -0.2) is 46.8 Å². The number of piperidine rings is 1. The zero-order chi connectivity index (χ0) is 10.7. The minimum Gasteiger partial charge on any atom is -0.306 e. The second-order valence-electron chi connectivity index (χ2n) is 4.88. The molecule has 0 radical (unpaired) electrons. The van der Waals surface area contributed by atoms with Gasteiger partial charge in [-0.25, -0.2) is 8.57 Å². The molecular weight excluding hydrogens is 208 g/mol. The molecule has 2 rings (SSSR count). The van der Waals surface area contributed by atoms with Crippen LogP contribution in [0.5, 0.6) is 0 Å². The summed E-state index contributed by atoms with van der Waals surface area (Å²) in [4.78, 5) is 2.33. The van der Waals surface area contributed by atoms with Gasteiger partial charge in [-0.2, -0.15) is 0 Å². The fourth-order valence-electron chi connectivity index (χ4n) is 2.41. The van der Waals surface area contributed by atoms with E-state index in [0.717, 1.165) is 50.3 Å². The standard InChI is InChI=1S/C11H22N2OS/c1-13-7-5-11(6-8-13)12-15(14)9-3-2-4-10-15/h11H,2-10H2,1H3. The maximum Gasteiger partial charge on any atom is 0.0618 e. The smallest absolute Gasteiger partial charge is 0.0618 e. The molecule has 0 amide bonds. The zero-order valence-corrected chi connectivity index (χ0v) is 10.5. The Bertz CT molecular complexity index is 301. The molecule has 2 heterocycles. The molecule has 0 N–H and O–H groups in total. The molecule has 15 heavy (non-hydrogen) atoms. The largest absolute Gasteiger partial charge is 0.306 e. The Hall–Kier alpha value is -0.0900. The Morgan fingerprint density at radius 1 is 1.13 bits per heavy atom. The third kappa shape index (κ3) is 3.18. The molecule has 2 aliphatic heterocycles. The minimum atomic E-state index is -1.80. The second kappa shape index (κ2) is 4.83. The van der Waals surface area contributed by atoms with Crippen LogP contribution in [-0.2, 0) is 9.73 Å². The lowest BCUT2D eigenvalue weighted by Gasteiger charge is -2.28. The van der Waals surface area contributed by atoms with Gasteiger partial charge in [-0.3, -0.25) is 0 Å². The molecule has 0 spiro atoms. The molecule has 2 aliphatic rings. The first-order chi connectivity index (χ1) is 7.18. The van der Waals surface area contributed by atoms with Crippen molar-refractivity contribution in [3.05, 3.63) is 0 Å². The maximum absolute atomic E-state index is 12.4. The summed E-state index contributed by atoms with van der Waals surface area (Å²) < 4.78 is 17.0. The Morgan fingerprint density at radius 3 is 2.33 bits per heavy atom. The molecule has 3 nitrogen and oxygen atoms in total. The lowest BCUT2D eigenvalue weighted by atomic mass is 10.1. The molecule has 0 saturated carbocycles. The summed E-state index contributed by atoms with van der Waals surface area (Å²) in [6.07, 6.45) is 5.70. The van der Waals surface area contributed by atoms with Gasteiger partial charge in [0.15, 0.2) is 0 Å². The Labute approximate surface area is 93.4 Å². The van der Waals surface area contributed by atoms with Crippen molar-refractivity contribution in [1.29, 1.82) is 0 Å². The summed E-state index contributed by atoms with van der Waals surface area (Å²) in [7, 11) is 0.349. The number of nitrogens with zero attached hydrogens (tertiary/aromatic N) is 2. The quantitative estimate of drug-likeness (QED) is 0.687. The first-order valence-electron chi connectivity index (χ1n) is 6.08. The number of rotatable bonds is 1. The van der Waals surface area contributed by atoms with Gasteiger partial charge in [-0.05, 0) is 45.8 Å². The van der Waals surface area contributed by atoms with E-state index >= 15 is 0 Å². The van der Waals surface area contributed by atoms with Crippen LogP contribution in [0.25, 0.3) is 0 Å². The van der Waals surface area contributed by atoms with E-state index in [0.29, 0.717) is 6.04 Å². The van der Waals surface area contributed by atoms with E-state index in [4.69, 9.17) is 0 Å². The SMILES string of the molecule is CN1CCC(N=S2(=O)CCCCC2)CC1. The highest BCUT2D eigenvalue weighted by atomic mass is 32.2. The summed E-state index contributed by atoms with van der Waals surface area (Å²) in [5, 5.41) is 0. The van der Waals surface area contributed by atoms with Crippen molar-refractivity contribution in [2.45, 2.75) is 38.1 Å². The predicted molar refractivity (Wildman–Crippen MR) is 64.7 cm³/mol. The third-order valence-corrected chi connectivity index (χ3v) is 5.99. The van der Waals surface area contributed by atoms with E-state index in [-0.39, 0.29) is 0 Å². The van der Waals surface area contributed by atoms with Crippen molar-refractivity contribution in [3.8, 4) is 0 Å². The Balaban J connectivity index is 1.99.